The Labute approximate surface area is 104 Å². The molecule has 1 aromatic heterocycles. The van der Waals surface area contributed by atoms with Crippen molar-refractivity contribution < 1.29 is 24.6 Å². The lowest BCUT2D eigenvalue weighted by Crippen LogP contribution is -2.26. The molecule has 0 unspecified atom stereocenters. The van der Waals surface area contributed by atoms with Crippen LogP contribution in [0.1, 0.15) is 26.2 Å². The number of carbonyl (C=O) groups is 2. The maximum Gasteiger partial charge on any atom is 0.333 e. The summed E-state index contributed by atoms with van der Waals surface area (Å²) in [7, 11) is 0. The first-order chi connectivity index (χ1) is 8.54. The maximum absolute atomic E-state index is 11.3. The van der Waals surface area contributed by atoms with Gasteiger partial charge in [0.15, 0.2) is 0 Å². The van der Waals surface area contributed by atoms with Gasteiger partial charge in [-0.2, -0.15) is 0 Å². The minimum absolute atomic E-state index is 0.00161. The zero-order chi connectivity index (χ0) is 13.5. The number of rotatable bonds is 6. The van der Waals surface area contributed by atoms with E-state index in [4.69, 9.17) is 0 Å². The molecule has 0 saturated carbocycles. The molecule has 0 aliphatic rings. The first-order valence-corrected chi connectivity index (χ1v) is 5.62. The van der Waals surface area contributed by atoms with Crippen molar-refractivity contribution >= 4 is 11.9 Å². The van der Waals surface area contributed by atoms with Gasteiger partial charge >= 0.3 is 5.97 Å². The summed E-state index contributed by atoms with van der Waals surface area (Å²) in [6.45, 7) is 2.49. The monoisotopic (exact) mass is 256 g/mol. The van der Waals surface area contributed by atoms with Gasteiger partial charge in [0.2, 0.25) is 17.7 Å². The minimum atomic E-state index is -0.719. The average molecular weight is 256 g/mol. The standard InChI is InChI=1S/C11H16N2O5/c1-2-7-12-8(14)3-6-11(17)18-13-9(15)4-5-10(13)16/h4-5,15-16H,2-3,6-7H2,1H3,(H,12,14). The van der Waals surface area contributed by atoms with Crippen LogP contribution in [0.3, 0.4) is 0 Å². The Balaban J connectivity index is 2.36. The van der Waals surface area contributed by atoms with Crippen LogP contribution in [0.4, 0.5) is 0 Å². The zero-order valence-electron chi connectivity index (χ0n) is 10.0. The first-order valence-electron chi connectivity index (χ1n) is 5.62. The zero-order valence-corrected chi connectivity index (χ0v) is 10.0. The van der Waals surface area contributed by atoms with Gasteiger partial charge in [-0.3, -0.25) is 4.79 Å². The summed E-state index contributed by atoms with van der Waals surface area (Å²) < 4.78 is 0.590. The fraction of sp³-hybridized carbons (Fsp3) is 0.455. The second-order valence-corrected chi connectivity index (χ2v) is 3.66. The van der Waals surface area contributed by atoms with Crippen LogP contribution in [0, 0.1) is 0 Å². The molecule has 0 fully saturated rings. The van der Waals surface area contributed by atoms with Gasteiger partial charge in [0.05, 0.1) is 6.42 Å². The summed E-state index contributed by atoms with van der Waals surface area (Å²) in [6.07, 6.45) is 0.690. The van der Waals surface area contributed by atoms with Crippen LogP contribution in [0.15, 0.2) is 12.1 Å². The van der Waals surface area contributed by atoms with Crippen LogP contribution in [-0.2, 0) is 9.59 Å². The van der Waals surface area contributed by atoms with E-state index < -0.39 is 17.7 Å². The molecule has 1 amide bonds. The molecule has 18 heavy (non-hydrogen) atoms. The predicted molar refractivity (Wildman–Crippen MR) is 61.9 cm³/mol. The second-order valence-electron chi connectivity index (χ2n) is 3.66. The lowest BCUT2D eigenvalue weighted by Gasteiger charge is -2.06. The van der Waals surface area contributed by atoms with Gasteiger partial charge in [-0.1, -0.05) is 6.92 Å². The van der Waals surface area contributed by atoms with E-state index in [0.717, 1.165) is 6.42 Å². The summed E-state index contributed by atoms with van der Waals surface area (Å²) in [5, 5.41) is 21.1. The Morgan fingerprint density at radius 3 is 2.44 bits per heavy atom. The second kappa shape index (κ2) is 6.53. The predicted octanol–water partition coefficient (Wildman–Crippen LogP) is 0.161. The van der Waals surface area contributed by atoms with Gasteiger partial charge in [0, 0.05) is 25.1 Å². The molecule has 1 aromatic rings. The molecule has 0 bridgehead atoms. The van der Waals surface area contributed by atoms with Crippen LogP contribution in [-0.4, -0.2) is 33.4 Å². The number of nitrogens with zero attached hydrogens (tertiary/aromatic N) is 1. The molecule has 1 rings (SSSR count). The molecule has 0 aliphatic heterocycles. The maximum atomic E-state index is 11.3. The Kier molecular flexibility index (Phi) is 5.04. The van der Waals surface area contributed by atoms with Crippen LogP contribution < -0.4 is 10.2 Å². The largest absolute Gasteiger partial charge is 0.492 e. The van der Waals surface area contributed by atoms with Crippen molar-refractivity contribution in [2.75, 3.05) is 6.54 Å². The Hall–Kier alpha value is -2.18. The summed E-state index contributed by atoms with van der Waals surface area (Å²) in [4.78, 5) is 27.2. The van der Waals surface area contributed by atoms with Gasteiger partial charge in [-0.25, -0.2) is 4.79 Å². The SMILES string of the molecule is CCCNC(=O)CCC(=O)On1c(O)ccc1O. The normalized spacial score (nSPS) is 10.1. The average Bonchev–Trinajstić information content (AvgIpc) is 2.65. The van der Waals surface area contributed by atoms with E-state index >= 15 is 0 Å². The molecule has 0 saturated heterocycles. The highest BCUT2D eigenvalue weighted by molar-refractivity contribution is 5.81. The summed E-state index contributed by atoms with van der Waals surface area (Å²) >= 11 is 0. The number of hydrogen-bond donors (Lipinski definition) is 3. The molecule has 0 aromatic carbocycles. The highest BCUT2D eigenvalue weighted by atomic mass is 16.7. The summed E-state index contributed by atoms with van der Waals surface area (Å²) in [5.41, 5.74) is 0. The molecule has 7 nitrogen and oxygen atoms in total. The van der Waals surface area contributed by atoms with E-state index in [1.165, 1.54) is 12.1 Å². The van der Waals surface area contributed by atoms with E-state index in [9.17, 15) is 19.8 Å². The topological polar surface area (TPSA) is 101 Å². The third-order valence-corrected chi connectivity index (χ3v) is 2.12. The molecule has 7 heteroatoms. The van der Waals surface area contributed by atoms with Gasteiger partial charge in [0.25, 0.3) is 0 Å². The smallest absolute Gasteiger partial charge is 0.333 e. The van der Waals surface area contributed by atoms with Crippen molar-refractivity contribution in [1.29, 1.82) is 0 Å². The highest BCUT2D eigenvalue weighted by Crippen LogP contribution is 2.18. The fourth-order valence-corrected chi connectivity index (χ4v) is 1.21. The van der Waals surface area contributed by atoms with E-state index in [2.05, 4.69) is 10.2 Å². The molecule has 0 atom stereocenters. The fourth-order valence-electron chi connectivity index (χ4n) is 1.21. The van der Waals surface area contributed by atoms with Gasteiger partial charge in [0.1, 0.15) is 0 Å². The Morgan fingerprint density at radius 1 is 1.28 bits per heavy atom. The van der Waals surface area contributed by atoms with Gasteiger partial charge < -0.3 is 20.4 Å². The first kappa shape index (κ1) is 13.9. The van der Waals surface area contributed by atoms with Gasteiger partial charge in [-0.05, 0) is 6.42 Å². The van der Waals surface area contributed by atoms with Crippen molar-refractivity contribution in [3.05, 3.63) is 12.1 Å². The van der Waals surface area contributed by atoms with Crippen molar-refractivity contribution in [3.63, 3.8) is 0 Å². The van der Waals surface area contributed by atoms with Crippen LogP contribution in [0.2, 0.25) is 0 Å². The van der Waals surface area contributed by atoms with E-state index in [0.29, 0.717) is 11.3 Å². The Bertz CT molecular complexity index is 408. The molecule has 0 radical (unpaired) electrons. The molecule has 100 valence electrons. The molecular weight excluding hydrogens is 240 g/mol. The van der Waals surface area contributed by atoms with Gasteiger partial charge in [-0.15, -0.1) is 4.73 Å². The number of hydrogen-bond acceptors (Lipinski definition) is 5. The summed E-state index contributed by atoms with van der Waals surface area (Å²) in [6, 6.07) is 2.35. The van der Waals surface area contributed by atoms with Crippen LogP contribution in [0.25, 0.3) is 0 Å². The number of aromatic nitrogens is 1. The van der Waals surface area contributed by atoms with Crippen molar-refractivity contribution in [3.8, 4) is 11.8 Å². The molecule has 0 spiro atoms. The summed E-state index contributed by atoms with van der Waals surface area (Å²) in [5.74, 6) is -1.74. The van der Waals surface area contributed by atoms with Crippen LogP contribution >= 0.6 is 0 Å². The van der Waals surface area contributed by atoms with E-state index in [-0.39, 0.29) is 18.7 Å². The minimum Gasteiger partial charge on any atom is -0.492 e. The van der Waals surface area contributed by atoms with Crippen molar-refractivity contribution in [2.45, 2.75) is 26.2 Å². The highest BCUT2D eigenvalue weighted by Gasteiger charge is 2.13. The molecule has 3 N–H and O–H groups in total. The number of amides is 1. The Morgan fingerprint density at radius 2 is 1.89 bits per heavy atom. The van der Waals surface area contributed by atoms with E-state index in [1.807, 2.05) is 6.92 Å². The van der Waals surface area contributed by atoms with Crippen LogP contribution in [0.5, 0.6) is 11.8 Å². The lowest BCUT2D eigenvalue weighted by atomic mass is 10.3. The quantitative estimate of drug-likeness (QED) is 0.673. The van der Waals surface area contributed by atoms with Crippen molar-refractivity contribution in [2.24, 2.45) is 0 Å². The number of aromatic hydroxyl groups is 2. The number of nitrogens with one attached hydrogen (secondary N) is 1. The third-order valence-electron chi connectivity index (χ3n) is 2.12. The van der Waals surface area contributed by atoms with Crippen molar-refractivity contribution in [1.82, 2.24) is 10.0 Å². The van der Waals surface area contributed by atoms with E-state index in [1.54, 1.807) is 0 Å². The lowest BCUT2D eigenvalue weighted by molar-refractivity contribution is -0.146. The molecule has 0 aliphatic carbocycles. The number of carbonyl (C=O) groups excluding carboxylic acids is 2. The molecular formula is C11H16N2O5. The molecule has 1 heterocycles. The third kappa shape index (κ3) is 4.00.